The second-order valence-electron chi connectivity index (χ2n) is 5.72. The number of ether oxygens (including phenoxy) is 1. The number of nitrogens with one attached hydrogen (secondary N) is 1. The quantitative estimate of drug-likeness (QED) is 0.527. The molecule has 0 saturated heterocycles. The van der Waals surface area contributed by atoms with Crippen LogP contribution in [0.5, 0.6) is 5.88 Å². The number of nitriles is 1. The van der Waals surface area contributed by atoms with Crippen LogP contribution in [0.1, 0.15) is 30.6 Å². The van der Waals surface area contributed by atoms with Gasteiger partial charge in [0.1, 0.15) is 11.9 Å². The van der Waals surface area contributed by atoms with Gasteiger partial charge in [-0.2, -0.15) is 32.5 Å². The Morgan fingerprint density at radius 1 is 1.31 bits per heavy atom. The third-order valence-electron chi connectivity index (χ3n) is 3.91. The highest BCUT2D eigenvalue weighted by atomic mass is 32.1. The minimum absolute atomic E-state index is 0.0576. The number of methoxy groups -OCH3 is 1. The molecule has 9 heteroatoms. The van der Waals surface area contributed by atoms with Crippen LogP contribution >= 0.6 is 12.6 Å². The van der Waals surface area contributed by atoms with Crippen molar-refractivity contribution in [2.45, 2.75) is 32.6 Å². The molecule has 0 aliphatic rings. The number of aryl methyl sites for hydroxylation is 2. The molecule has 0 fully saturated rings. The van der Waals surface area contributed by atoms with Gasteiger partial charge in [-0.15, -0.1) is 0 Å². The molecule has 3 heterocycles. The maximum atomic E-state index is 9.51. The van der Waals surface area contributed by atoms with Gasteiger partial charge < -0.3 is 10.1 Å². The van der Waals surface area contributed by atoms with Crippen molar-refractivity contribution >= 4 is 24.2 Å². The van der Waals surface area contributed by atoms with E-state index >= 15 is 0 Å². The molecular formula is C17H19N7OS. The summed E-state index contributed by atoms with van der Waals surface area (Å²) < 4.78 is 6.75. The van der Waals surface area contributed by atoms with Crippen LogP contribution in [-0.2, 0) is 0 Å². The van der Waals surface area contributed by atoms with E-state index in [-0.39, 0.29) is 11.1 Å². The average Bonchev–Trinajstić information content (AvgIpc) is 2.96. The van der Waals surface area contributed by atoms with Crippen molar-refractivity contribution in [3.63, 3.8) is 0 Å². The number of aromatic nitrogens is 5. The van der Waals surface area contributed by atoms with E-state index in [2.05, 4.69) is 44.1 Å². The van der Waals surface area contributed by atoms with E-state index in [1.807, 2.05) is 20.8 Å². The lowest BCUT2D eigenvalue weighted by Gasteiger charge is -2.12. The van der Waals surface area contributed by atoms with Crippen molar-refractivity contribution in [1.29, 1.82) is 5.26 Å². The largest absolute Gasteiger partial charge is 0.481 e. The molecular weight excluding hydrogens is 350 g/mol. The third-order valence-corrected chi connectivity index (χ3v) is 4.40. The molecule has 3 rings (SSSR count). The molecule has 0 amide bonds. The second-order valence-corrected chi connectivity index (χ2v) is 6.34. The molecule has 1 N–H and O–H groups in total. The smallest absolute Gasteiger partial charge is 0.228 e. The lowest BCUT2D eigenvalue weighted by Crippen LogP contribution is -2.16. The number of pyridine rings is 1. The molecule has 0 bridgehead atoms. The number of nitrogens with zero attached hydrogens (tertiary/aromatic N) is 6. The van der Waals surface area contributed by atoms with E-state index < -0.39 is 0 Å². The maximum Gasteiger partial charge on any atom is 0.228 e. The first-order valence-electron chi connectivity index (χ1n) is 8.12. The van der Waals surface area contributed by atoms with Crippen LogP contribution in [0.3, 0.4) is 0 Å². The van der Waals surface area contributed by atoms with Crippen LogP contribution in [0.25, 0.3) is 16.8 Å². The topological polar surface area (TPSA) is 101 Å². The maximum absolute atomic E-state index is 9.51. The van der Waals surface area contributed by atoms with E-state index in [1.54, 1.807) is 16.6 Å². The molecule has 0 spiro atoms. The van der Waals surface area contributed by atoms with Crippen molar-refractivity contribution < 1.29 is 4.74 Å². The Bertz CT molecular complexity index is 1010. The average molecular weight is 369 g/mol. The molecule has 0 saturated carbocycles. The minimum atomic E-state index is -0.0576. The van der Waals surface area contributed by atoms with E-state index in [4.69, 9.17) is 4.74 Å². The van der Waals surface area contributed by atoms with Gasteiger partial charge in [0.05, 0.1) is 23.7 Å². The summed E-state index contributed by atoms with van der Waals surface area (Å²) in [6.07, 6.45) is 0.821. The van der Waals surface area contributed by atoms with Crippen LogP contribution in [0.15, 0.2) is 12.1 Å². The standard InChI is InChI=1S/C17H19N7OS/c1-5-14(26)22-17-20-10(3)19-16-15(9(2)23-24(16)17)11-6-7-13(25-4)21-12(11)8-18/h6-7,14,26H,5H2,1-4H3,(H,19,20,22)/t14-/m1/s1. The highest BCUT2D eigenvalue weighted by molar-refractivity contribution is 7.81. The predicted octanol–water partition coefficient (Wildman–Crippen LogP) is 2.76. The fourth-order valence-corrected chi connectivity index (χ4v) is 2.76. The monoisotopic (exact) mass is 369 g/mol. The minimum Gasteiger partial charge on any atom is -0.481 e. The summed E-state index contributed by atoms with van der Waals surface area (Å²) in [4.78, 5) is 13.2. The Kier molecular flexibility index (Phi) is 4.95. The van der Waals surface area contributed by atoms with Crippen molar-refractivity contribution in [3.8, 4) is 23.1 Å². The van der Waals surface area contributed by atoms with Gasteiger partial charge in [-0.1, -0.05) is 6.92 Å². The summed E-state index contributed by atoms with van der Waals surface area (Å²) in [5.41, 5.74) is 3.00. The van der Waals surface area contributed by atoms with Gasteiger partial charge >= 0.3 is 0 Å². The van der Waals surface area contributed by atoms with Crippen LogP contribution in [0.4, 0.5) is 5.95 Å². The number of rotatable bonds is 5. The predicted molar refractivity (Wildman–Crippen MR) is 101 cm³/mol. The number of hydrogen-bond acceptors (Lipinski definition) is 8. The van der Waals surface area contributed by atoms with Crippen molar-refractivity contribution in [2.24, 2.45) is 0 Å². The summed E-state index contributed by atoms with van der Waals surface area (Å²) >= 11 is 4.48. The first-order chi connectivity index (χ1) is 12.5. The highest BCUT2D eigenvalue weighted by Gasteiger charge is 2.21. The zero-order valence-corrected chi connectivity index (χ0v) is 15.9. The van der Waals surface area contributed by atoms with E-state index in [0.29, 0.717) is 28.9 Å². The molecule has 8 nitrogen and oxygen atoms in total. The Balaban J connectivity index is 2.26. The summed E-state index contributed by atoms with van der Waals surface area (Å²) in [6.45, 7) is 5.71. The normalized spacial score (nSPS) is 12.0. The number of thiol groups is 1. The van der Waals surface area contributed by atoms with Gasteiger partial charge in [0.2, 0.25) is 11.8 Å². The fraction of sp³-hybridized carbons (Fsp3) is 0.353. The van der Waals surface area contributed by atoms with Gasteiger partial charge in [-0.25, -0.2) is 9.97 Å². The summed E-state index contributed by atoms with van der Waals surface area (Å²) in [5.74, 6) is 1.54. The summed E-state index contributed by atoms with van der Waals surface area (Å²) in [5, 5.41) is 17.2. The molecule has 0 aromatic carbocycles. The lowest BCUT2D eigenvalue weighted by molar-refractivity contribution is 0.397. The molecule has 3 aromatic rings. The Hall–Kier alpha value is -2.86. The molecule has 0 radical (unpaired) electrons. The van der Waals surface area contributed by atoms with Crippen molar-refractivity contribution in [2.75, 3.05) is 12.4 Å². The second kappa shape index (κ2) is 7.17. The fourth-order valence-electron chi connectivity index (χ4n) is 2.65. The molecule has 0 aliphatic carbocycles. The first-order valence-corrected chi connectivity index (χ1v) is 8.64. The zero-order valence-electron chi connectivity index (χ0n) is 15.0. The Morgan fingerprint density at radius 3 is 2.73 bits per heavy atom. The van der Waals surface area contributed by atoms with Gasteiger partial charge in [0.25, 0.3) is 0 Å². The van der Waals surface area contributed by atoms with E-state index in [1.165, 1.54) is 7.11 Å². The Morgan fingerprint density at radius 2 is 2.08 bits per heavy atom. The molecule has 0 unspecified atom stereocenters. The summed E-state index contributed by atoms with van der Waals surface area (Å²) in [7, 11) is 1.51. The van der Waals surface area contributed by atoms with Crippen LogP contribution in [-0.4, -0.2) is 37.0 Å². The lowest BCUT2D eigenvalue weighted by atomic mass is 10.0. The molecule has 1 atom stereocenters. The number of anilines is 1. The summed E-state index contributed by atoms with van der Waals surface area (Å²) in [6, 6.07) is 5.64. The molecule has 134 valence electrons. The van der Waals surface area contributed by atoms with Crippen LogP contribution in [0.2, 0.25) is 0 Å². The van der Waals surface area contributed by atoms with Crippen LogP contribution in [0, 0.1) is 25.2 Å². The van der Waals surface area contributed by atoms with Gasteiger partial charge in [-0.3, -0.25) is 0 Å². The molecule has 26 heavy (non-hydrogen) atoms. The Labute approximate surface area is 156 Å². The number of hydrogen-bond donors (Lipinski definition) is 2. The SMILES string of the molecule is CC[C@@H](S)Nc1nc(C)nc2c(-c3ccc(OC)nc3C#N)c(C)nn12. The molecule has 0 aliphatic heterocycles. The highest BCUT2D eigenvalue weighted by Crippen LogP contribution is 2.31. The van der Waals surface area contributed by atoms with Gasteiger partial charge in [0.15, 0.2) is 11.3 Å². The van der Waals surface area contributed by atoms with E-state index in [0.717, 1.165) is 17.7 Å². The first kappa shape index (κ1) is 17.9. The van der Waals surface area contributed by atoms with E-state index in [9.17, 15) is 5.26 Å². The van der Waals surface area contributed by atoms with Crippen molar-refractivity contribution in [3.05, 3.63) is 29.3 Å². The zero-order chi connectivity index (χ0) is 18.8. The molecule has 3 aromatic heterocycles. The van der Waals surface area contributed by atoms with Gasteiger partial charge in [0, 0.05) is 11.6 Å². The number of fused-ring (bicyclic) bond motifs is 1. The van der Waals surface area contributed by atoms with Crippen molar-refractivity contribution in [1.82, 2.24) is 24.6 Å². The van der Waals surface area contributed by atoms with Crippen LogP contribution < -0.4 is 10.1 Å². The third kappa shape index (κ3) is 3.15. The van der Waals surface area contributed by atoms with Gasteiger partial charge in [-0.05, 0) is 26.3 Å².